The molecular formula is C11H13NO6S. The van der Waals surface area contributed by atoms with E-state index in [-0.39, 0.29) is 10.6 Å². The fourth-order valence-electron chi connectivity index (χ4n) is 1.31. The van der Waals surface area contributed by atoms with Crippen molar-refractivity contribution in [1.29, 1.82) is 0 Å². The van der Waals surface area contributed by atoms with Crippen molar-refractivity contribution in [3.05, 3.63) is 24.3 Å². The van der Waals surface area contributed by atoms with E-state index in [0.717, 1.165) is 6.26 Å². The standard InChI is InChI=1S/C11H13NO6S/c1-19(16,17)9-5-3-2-4-8(9)12-10(13)6-18-7-11(14)15/h2-5H,6-7H2,1H3,(H,12,13)(H,14,15). The van der Waals surface area contributed by atoms with E-state index in [1.54, 1.807) is 6.07 Å². The Morgan fingerprint density at radius 1 is 1.26 bits per heavy atom. The van der Waals surface area contributed by atoms with Gasteiger partial charge in [0.05, 0.1) is 10.6 Å². The maximum atomic E-state index is 11.5. The zero-order valence-electron chi connectivity index (χ0n) is 10.1. The predicted molar refractivity (Wildman–Crippen MR) is 66.6 cm³/mol. The van der Waals surface area contributed by atoms with E-state index in [9.17, 15) is 18.0 Å². The molecule has 2 N–H and O–H groups in total. The zero-order chi connectivity index (χ0) is 14.5. The molecule has 1 aromatic carbocycles. The number of carbonyl (C=O) groups is 2. The Morgan fingerprint density at radius 3 is 2.47 bits per heavy atom. The first-order valence-electron chi connectivity index (χ1n) is 5.19. The summed E-state index contributed by atoms with van der Waals surface area (Å²) in [5.74, 6) is -1.82. The van der Waals surface area contributed by atoms with Crippen molar-refractivity contribution in [2.75, 3.05) is 24.8 Å². The number of benzene rings is 1. The van der Waals surface area contributed by atoms with E-state index >= 15 is 0 Å². The quantitative estimate of drug-likeness (QED) is 0.769. The van der Waals surface area contributed by atoms with Gasteiger partial charge in [-0.25, -0.2) is 13.2 Å². The first-order valence-corrected chi connectivity index (χ1v) is 7.08. The Bertz CT molecular complexity index is 581. The van der Waals surface area contributed by atoms with Crippen LogP contribution in [0.1, 0.15) is 0 Å². The minimum absolute atomic E-state index is 0.0124. The number of amides is 1. The Kier molecular flexibility index (Phi) is 5.02. The Labute approximate surface area is 110 Å². The third-order valence-corrected chi connectivity index (χ3v) is 3.17. The fourth-order valence-corrected chi connectivity index (χ4v) is 2.15. The van der Waals surface area contributed by atoms with Crippen LogP contribution in [0.25, 0.3) is 0 Å². The Balaban J connectivity index is 2.72. The monoisotopic (exact) mass is 287 g/mol. The number of sulfone groups is 1. The van der Waals surface area contributed by atoms with Crippen LogP contribution in [0, 0.1) is 0 Å². The van der Waals surface area contributed by atoms with Crippen LogP contribution < -0.4 is 5.32 Å². The van der Waals surface area contributed by atoms with Gasteiger partial charge in [0.15, 0.2) is 9.84 Å². The molecule has 0 aliphatic heterocycles. The highest BCUT2D eigenvalue weighted by molar-refractivity contribution is 7.90. The normalized spacial score (nSPS) is 11.0. The summed E-state index contributed by atoms with van der Waals surface area (Å²) in [6, 6.07) is 5.91. The van der Waals surface area contributed by atoms with Crippen LogP contribution in [0.2, 0.25) is 0 Å². The molecule has 0 fully saturated rings. The first kappa shape index (κ1) is 15.1. The molecule has 8 heteroatoms. The number of carbonyl (C=O) groups excluding carboxylic acids is 1. The molecule has 0 spiro atoms. The molecule has 0 saturated heterocycles. The molecule has 1 rings (SSSR count). The molecule has 0 saturated carbocycles. The van der Waals surface area contributed by atoms with Crippen molar-refractivity contribution in [1.82, 2.24) is 0 Å². The van der Waals surface area contributed by atoms with Crippen molar-refractivity contribution in [2.24, 2.45) is 0 Å². The second kappa shape index (κ2) is 6.30. The maximum absolute atomic E-state index is 11.5. The topological polar surface area (TPSA) is 110 Å². The third-order valence-electron chi connectivity index (χ3n) is 2.02. The molecule has 0 unspecified atom stereocenters. The summed E-state index contributed by atoms with van der Waals surface area (Å²) in [7, 11) is -3.46. The van der Waals surface area contributed by atoms with Gasteiger partial charge in [-0.3, -0.25) is 4.79 Å². The number of carboxylic acids is 1. The van der Waals surface area contributed by atoms with E-state index in [1.165, 1.54) is 18.2 Å². The van der Waals surface area contributed by atoms with E-state index in [1.807, 2.05) is 0 Å². The zero-order valence-corrected chi connectivity index (χ0v) is 10.9. The molecule has 0 aliphatic carbocycles. The number of carboxylic acid groups (broad SMARTS) is 1. The van der Waals surface area contributed by atoms with Gasteiger partial charge in [-0.2, -0.15) is 0 Å². The van der Waals surface area contributed by atoms with Gasteiger partial charge >= 0.3 is 5.97 Å². The highest BCUT2D eigenvalue weighted by atomic mass is 32.2. The van der Waals surface area contributed by atoms with Crippen LogP contribution >= 0.6 is 0 Å². The number of aliphatic carboxylic acids is 1. The van der Waals surface area contributed by atoms with Crippen LogP contribution in [0.5, 0.6) is 0 Å². The van der Waals surface area contributed by atoms with Crippen LogP contribution in [0.15, 0.2) is 29.2 Å². The predicted octanol–water partition coefficient (Wildman–Crippen LogP) is 0.130. The number of para-hydroxylation sites is 1. The summed E-state index contributed by atoms with van der Waals surface area (Å²) in [5.41, 5.74) is 0.133. The molecule has 0 aliphatic rings. The van der Waals surface area contributed by atoms with Gasteiger partial charge < -0.3 is 15.2 Å². The molecule has 0 aromatic heterocycles. The minimum atomic E-state index is -3.46. The van der Waals surface area contributed by atoms with E-state index in [2.05, 4.69) is 10.1 Å². The number of hydrogen-bond donors (Lipinski definition) is 2. The summed E-state index contributed by atoms with van der Waals surface area (Å²) in [6.07, 6.45) is 1.03. The van der Waals surface area contributed by atoms with Gasteiger partial charge in [0.25, 0.3) is 0 Å². The summed E-state index contributed by atoms with van der Waals surface area (Å²) in [5, 5.41) is 10.7. The summed E-state index contributed by atoms with van der Waals surface area (Å²) >= 11 is 0. The second-order valence-electron chi connectivity index (χ2n) is 3.70. The van der Waals surface area contributed by atoms with Crippen LogP contribution in [-0.4, -0.2) is 44.9 Å². The van der Waals surface area contributed by atoms with Crippen molar-refractivity contribution >= 4 is 27.4 Å². The van der Waals surface area contributed by atoms with Gasteiger partial charge in [0, 0.05) is 6.26 Å². The highest BCUT2D eigenvalue weighted by Gasteiger charge is 2.14. The van der Waals surface area contributed by atoms with Crippen molar-refractivity contribution in [3.8, 4) is 0 Å². The van der Waals surface area contributed by atoms with E-state index in [4.69, 9.17) is 5.11 Å². The fraction of sp³-hybridized carbons (Fsp3) is 0.273. The van der Waals surface area contributed by atoms with Gasteiger partial charge in [-0.1, -0.05) is 12.1 Å². The Morgan fingerprint density at radius 2 is 1.89 bits per heavy atom. The number of nitrogens with one attached hydrogen (secondary N) is 1. The summed E-state index contributed by atoms with van der Waals surface area (Å²) in [6.45, 7) is -1.06. The van der Waals surface area contributed by atoms with Gasteiger partial charge in [0.1, 0.15) is 13.2 Å². The number of rotatable bonds is 6. The molecule has 1 amide bonds. The third kappa shape index (κ3) is 5.06. The molecular weight excluding hydrogens is 274 g/mol. The second-order valence-corrected chi connectivity index (χ2v) is 5.69. The minimum Gasteiger partial charge on any atom is -0.480 e. The smallest absolute Gasteiger partial charge is 0.329 e. The van der Waals surface area contributed by atoms with E-state index in [0.29, 0.717) is 0 Å². The SMILES string of the molecule is CS(=O)(=O)c1ccccc1NC(=O)COCC(=O)O. The van der Waals surface area contributed by atoms with Gasteiger partial charge in [-0.15, -0.1) is 0 Å². The Hall–Kier alpha value is -1.93. The number of hydrogen-bond acceptors (Lipinski definition) is 5. The van der Waals surface area contributed by atoms with Crippen molar-refractivity contribution in [3.63, 3.8) is 0 Å². The van der Waals surface area contributed by atoms with Gasteiger partial charge in [0.2, 0.25) is 5.91 Å². The molecule has 7 nitrogen and oxygen atoms in total. The van der Waals surface area contributed by atoms with Crippen molar-refractivity contribution in [2.45, 2.75) is 4.90 Å². The molecule has 104 valence electrons. The molecule has 0 radical (unpaired) electrons. The number of ether oxygens (including phenoxy) is 1. The number of anilines is 1. The van der Waals surface area contributed by atoms with Crippen LogP contribution in [0.3, 0.4) is 0 Å². The first-order chi connectivity index (χ1) is 8.80. The summed E-state index contributed by atoms with van der Waals surface area (Å²) in [4.78, 5) is 21.6. The lowest BCUT2D eigenvalue weighted by atomic mass is 10.3. The van der Waals surface area contributed by atoms with Crippen LogP contribution in [-0.2, 0) is 24.2 Å². The summed E-state index contributed by atoms with van der Waals surface area (Å²) < 4.78 is 27.6. The lowest BCUT2D eigenvalue weighted by Gasteiger charge is -2.09. The van der Waals surface area contributed by atoms with Crippen molar-refractivity contribution < 1.29 is 27.9 Å². The van der Waals surface area contributed by atoms with E-state index < -0.39 is 34.9 Å². The molecule has 0 bridgehead atoms. The molecule has 1 aromatic rings. The lowest BCUT2D eigenvalue weighted by Crippen LogP contribution is -2.21. The molecule has 0 heterocycles. The van der Waals surface area contributed by atoms with Crippen LogP contribution in [0.4, 0.5) is 5.69 Å². The molecule has 19 heavy (non-hydrogen) atoms. The lowest BCUT2D eigenvalue weighted by molar-refractivity contribution is -0.143. The van der Waals surface area contributed by atoms with Gasteiger partial charge in [-0.05, 0) is 12.1 Å². The average molecular weight is 287 g/mol. The largest absolute Gasteiger partial charge is 0.480 e. The average Bonchev–Trinajstić information content (AvgIpc) is 2.27. The molecule has 0 atom stereocenters. The highest BCUT2D eigenvalue weighted by Crippen LogP contribution is 2.20. The maximum Gasteiger partial charge on any atom is 0.329 e.